The number of nitrogens with zero attached hydrogens (tertiary/aromatic N) is 2. The van der Waals surface area contributed by atoms with Crippen LogP contribution in [0.4, 0.5) is 5.82 Å². The van der Waals surface area contributed by atoms with Gasteiger partial charge in [0.15, 0.2) is 0 Å². The van der Waals surface area contributed by atoms with Gasteiger partial charge in [0.2, 0.25) is 11.8 Å². The Bertz CT molecular complexity index is 999. The molecule has 0 saturated carbocycles. The van der Waals surface area contributed by atoms with Crippen LogP contribution in [-0.4, -0.2) is 21.6 Å². The van der Waals surface area contributed by atoms with E-state index in [-0.39, 0.29) is 18.2 Å². The number of hydrogen-bond acceptors (Lipinski definition) is 3. The zero-order chi connectivity index (χ0) is 19.5. The van der Waals surface area contributed by atoms with Crippen molar-refractivity contribution in [2.24, 2.45) is 5.92 Å². The quantitative estimate of drug-likeness (QED) is 0.695. The van der Waals surface area contributed by atoms with Crippen LogP contribution in [0.15, 0.2) is 60.8 Å². The number of nitrogens with one attached hydrogen (secondary N) is 2. The van der Waals surface area contributed by atoms with Crippen molar-refractivity contribution in [3.8, 4) is 11.1 Å². The van der Waals surface area contributed by atoms with Gasteiger partial charge in [0.25, 0.3) is 0 Å². The van der Waals surface area contributed by atoms with Crippen LogP contribution in [0.25, 0.3) is 11.1 Å². The molecule has 0 saturated heterocycles. The second-order valence-corrected chi connectivity index (χ2v) is 7.18. The second kappa shape index (κ2) is 7.86. The average Bonchev–Trinajstić information content (AvgIpc) is 3.10. The normalized spacial score (nSPS) is 15.6. The Morgan fingerprint density at radius 2 is 1.93 bits per heavy atom. The van der Waals surface area contributed by atoms with Crippen LogP contribution in [0.2, 0.25) is 5.02 Å². The van der Waals surface area contributed by atoms with Crippen molar-refractivity contribution in [1.29, 1.82) is 0 Å². The molecule has 0 aliphatic carbocycles. The van der Waals surface area contributed by atoms with Gasteiger partial charge in [0, 0.05) is 23.6 Å². The first-order valence-corrected chi connectivity index (χ1v) is 9.41. The Morgan fingerprint density at radius 3 is 2.68 bits per heavy atom. The summed E-state index contributed by atoms with van der Waals surface area (Å²) >= 11 is 5.94. The van der Waals surface area contributed by atoms with Crippen molar-refractivity contribution in [2.45, 2.75) is 19.5 Å². The third-order valence-corrected chi connectivity index (χ3v) is 5.02. The third kappa shape index (κ3) is 3.92. The van der Waals surface area contributed by atoms with Gasteiger partial charge >= 0.3 is 0 Å². The van der Waals surface area contributed by atoms with Crippen molar-refractivity contribution in [1.82, 2.24) is 15.1 Å². The molecule has 0 radical (unpaired) electrons. The maximum atomic E-state index is 12.5. The van der Waals surface area contributed by atoms with E-state index in [0.717, 1.165) is 16.7 Å². The third-order valence-electron chi connectivity index (χ3n) is 4.76. The zero-order valence-electron chi connectivity index (χ0n) is 15.1. The fourth-order valence-corrected chi connectivity index (χ4v) is 3.38. The highest BCUT2D eigenvalue weighted by atomic mass is 35.5. The Labute approximate surface area is 167 Å². The van der Waals surface area contributed by atoms with Gasteiger partial charge in [-0.25, -0.2) is 4.68 Å². The van der Waals surface area contributed by atoms with Crippen molar-refractivity contribution in [2.75, 3.05) is 5.32 Å². The number of amides is 2. The highest BCUT2D eigenvalue weighted by Gasteiger charge is 2.30. The minimum Gasteiger partial charge on any atom is -0.352 e. The van der Waals surface area contributed by atoms with E-state index < -0.39 is 5.92 Å². The lowest BCUT2D eigenvalue weighted by molar-refractivity contribution is -0.128. The molecule has 0 fully saturated rings. The van der Waals surface area contributed by atoms with E-state index >= 15 is 0 Å². The highest BCUT2D eigenvalue weighted by molar-refractivity contribution is 6.30. The summed E-state index contributed by atoms with van der Waals surface area (Å²) in [5.41, 5.74) is 2.77. The van der Waals surface area contributed by atoms with Crippen molar-refractivity contribution < 1.29 is 9.59 Å². The number of anilines is 1. The maximum Gasteiger partial charge on any atom is 0.231 e. The van der Waals surface area contributed by atoms with Gasteiger partial charge in [-0.05, 0) is 23.3 Å². The Kier molecular flexibility index (Phi) is 5.12. The van der Waals surface area contributed by atoms with Gasteiger partial charge in [0.05, 0.1) is 18.7 Å². The van der Waals surface area contributed by atoms with Gasteiger partial charge in [-0.2, -0.15) is 5.10 Å². The van der Waals surface area contributed by atoms with Gasteiger partial charge in [0.1, 0.15) is 5.82 Å². The first kappa shape index (κ1) is 18.3. The molecular weight excluding hydrogens is 376 g/mol. The molecular formula is C21H19ClN4O2. The van der Waals surface area contributed by atoms with Crippen molar-refractivity contribution in [3.05, 3.63) is 71.4 Å². The molecule has 1 aliphatic rings. The maximum absolute atomic E-state index is 12.5. The Balaban J connectivity index is 1.42. The molecule has 3 aromatic rings. The monoisotopic (exact) mass is 394 g/mol. The van der Waals surface area contributed by atoms with E-state index in [1.807, 2.05) is 42.5 Å². The van der Waals surface area contributed by atoms with E-state index in [2.05, 4.69) is 15.7 Å². The number of aromatic nitrogens is 2. The molecule has 0 bridgehead atoms. The van der Waals surface area contributed by atoms with Crippen LogP contribution in [0, 0.1) is 5.92 Å². The number of benzene rings is 2. The predicted octanol–water partition coefficient (Wildman–Crippen LogP) is 3.48. The molecule has 0 spiro atoms. The number of fused-ring (bicyclic) bond motifs is 1. The summed E-state index contributed by atoms with van der Waals surface area (Å²) in [6.45, 7) is 0.815. The molecule has 6 nitrogen and oxygen atoms in total. The minimum atomic E-state index is -0.457. The molecule has 1 unspecified atom stereocenters. The first-order chi connectivity index (χ1) is 13.6. The molecule has 1 aromatic heterocycles. The Hall–Kier alpha value is -3.12. The minimum absolute atomic E-state index is 0.119. The van der Waals surface area contributed by atoms with E-state index in [9.17, 15) is 9.59 Å². The van der Waals surface area contributed by atoms with Gasteiger partial charge in [-0.3, -0.25) is 9.59 Å². The molecule has 2 amide bonds. The lowest BCUT2D eigenvalue weighted by Gasteiger charge is -2.24. The molecule has 4 rings (SSSR count). The highest BCUT2D eigenvalue weighted by Crippen LogP contribution is 2.32. The topological polar surface area (TPSA) is 76.0 Å². The van der Waals surface area contributed by atoms with E-state index in [4.69, 9.17) is 11.6 Å². The molecule has 2 N–H and O–H groups in total. The van der Waals surface area contributed by atoms with Gasteiger partial charge < -0.3 is 10.6 Å². The van der Waals surface area contributed by atoms with Gasteiger partial charge in [-0.1, -0.05) is 54.1 Å². The summed E-state index contributed by atoms with van der Waals surface area (Å²) in [5, 5.41) is 10.8. The summed E-state index contributed by atoms with van der Waals surface area (Å²) in [7, 11) is 0. The van der Waals surface area contributed by atoms with E-state index in [1.54, 1.807) is 23.0 Å². The lowest BCUT2D eigenvalue weighted by Crippen LogP contribution is -2.37. The predicted molar refractivity (Wildman–Crippen MR) is 108 cm³/mol. The average molecular weight is 395 g/mol. The van der Waals surface area contributed by atoms with Gasteiger partial charge in [-0.15, -0.1) is 0 Å². The Morgan fingerprint density at radius 1 is 1.18 bits per heavy atom. The number of rotatable bonds is 5. The fraction of sp³-hybridized carbons (Fsp3) is 0.190. The van der Waals surface area contributed by atoms with E-state index in [1.165, 1.54) is 0 Å². The summed E-state index contributed by atoms with van der Waals surface area (Å²) in [6.07, 6.45) is 1.84. The molecule has 2 heterocycles. The fourth-order valence-electron chi connectivity index (χ4n) is 3.26. The van der Waals surface area contributed by atoms with Crippen LogP contribution >= 0.6 is 11.6 Å². The molecule has 1 aliphatic heterocycles. The number of hydrogen-bond donors (Lipinski definition) is 2. The molecule has 142 valence electrons. The van der Waals surface area contributed by atoms with Crippen LogP contribution in [0.3, 0.4) is 0 Å². The SMILES string of the molecule is O=C(CC1Cn2ncc(-c3ccc(Cl)cc3)c2NC1=O)NCc1ccccc1. The zero-order valence-corrected chi connectivity index (χ0v) is 15.8. The van der Waals surface area contributed by atoms with Crippen LogP contribution in [0.5, 0.6) is 0 Å². The molecule has 1 atom stereocenters. The standard InChI is InChI=1S/C21H19ClN4O2/c22-17-8-6-15(7-9-17)18-12-24-26-13-16(21(28)25-20(18)26)10-19(27)23-11-14-4-2-1-3-5-14/h1-9,12,16H,10-11,13H2,(H,23,27)(H,25,28). The second-order valence-electron chi connectivity index (χ2n) is 6.75. The van der Waals surface area contributed by atoms with Crippen LogP contribution < -0.4 is 10.6 Å². The largest absolute Gasteiger partial charge is 0.352 e. The van der Waals surface area contributed by atoms with Crippen molar-refractivity contribution >= 4 is 29.2 Å². The smallest absolute Gasteiger partial charge is 0.231 e. The molecule has 2 aromatic carbocycles. The lowest BCUT2D eigenvalue weighted by atomic mass is 10.0. The number of carbonyl (C=O) groups excluding carboxylic acids is 2. The summed E-state index contributed by atoms with van der Waals surface area (Å²) in [6, 6.07) is 17.0. The van der Waals surface area contributed by atoms with Crippen LogP contribution in [0.1, 0.15) is 12.0 Å². The number of halogens is 1. The summed E-state index contributed by atoms with van der Waals surface area (Å²) in [4.78, 5) is 24.8. The molecule has 28 heavy (non-hydrogen) atoms. The first-order valence-electron chi connectivity index (χ1n) is 9.03. The number of carbonyl (C=O) groups is 2. The molecule has 7 heteroatoms. The van der Waals surface area contributed by atoms with E-state index in [0.29, 0.717) is 23.9 Å². The summed E-state index contributed by atoms with van der Waals surface area (Å²) < 4.78 is 1.74. The van der Waals surface area contributed by atoms with Crippen molar-refractivity contribution in [3.63, 3.8) is 0 Å². The van der Waals surface area contributed by atoms with Crippen LogP contribution in [-0.2, 0) is 22.7 Å². The summed E-state index contributed by atoms with van der Waals surface area (Å²) in [5.74, 6) is -0.134.